The summed E-state index contributed by atoms with van der Waals surface area (Å²) in [4.78, 5) is 8.58. The molecule has 3 nitrogen and oxygen atoms in total. The Balaban J connectivity index is 2.08. The van der Waals surface area contributed by atoms with E-state index in [1.54, 1.807) is 0 Å². The number of aromatic nitrogens is 1. The van der Waals surface area contributed by atoms with Crippen molar-refractivity contribution in [1.82, 2.24) is 10.3 Å². The Morgan fingerprint density at radius 1 is 1.44 bits per heavy atom. The molecule has 1 aliphatic carbocycles. The lowest BCUT2D eigenvalue weighted by atomic mass is 9.85. The molecule has 0 bridgehead atoms. The minimum absolute atomic E-state index is 0.510. The molecule has 1 N–H and O–H groups in total. The monoisotopic (exact) mass is 267 g/mol. The Labute approximate surface area is 115 Å². The van der Waals surface area contributed by atoms with E-state index >= 15 is 0 Å². The van der Waals surface area contributed by atoms with Crippen molar-refractivity contribution < 1.29 is 0 Å². The highest BCUT2D eigenvalue weighted by Gasteiger charge is 2.22. The minimum atomic E-state index is 0.510. The van der Waals surface area contributed by atoms with Gasteiger partial charge in [0.1, 0.15) is 0 Å². The maximum absolute atomic E-state index is 4.84. The number of hydrogen-bond acceptors (Lipinski definition) is 4. The lowest BCUT2D eigenvalue weighted by molar-refractivity contribution is 0.321. The van der Waals surface area contributed by atoms with E-state index in [2.05, 4.69) is 31.1 Å². The molecule has 1 fully saturated rings. The maximum atomic E-state index is 4.84. The van der Waals surface area contributed by atoms with Gasteiger partial charge in [0.25, 0.3) is 0 Å². The van der Waals surface area contributed by atoms with Crippen LogP contribution in [-0.4, -0.2) is 25.6 Å². The zero-order valence-corrected chi connectivity index (χ0v) is 12.8. The Kier molecular flexibility index (Phi) is 4.62. The molecule has 0 aromatic carbocycles. The predicted molar refractivity (Wildman–Crippen MR) is 79.6 cm³/mol. The average molecular weight is 267 g/mol. The molecule has 18 heavy (non-hydrogen) atoms. The van der Waals surface area contributed by atoms with Crippen molar-refractivity contribution in [2.24, 2.45) is 5.92 Å². The standard InChI is InChI=1S/C14H25N3S/c1-10(2)13-12(8-15-3)18-14(16-13)17(4)9-11-6-5-7-11/h10-11,15H,5-9H2,1-4H3. The Morgan fingerprint density at radius 3 is 2.67 bits per heavy atom. The van der Waals surface area contributed by atoms with Crippen LogP contribution in [0.2, 0.25) is 0 Å². The third kappa shape index (κ3) is 3.04. The lowest BCUT2D eigenvalue weighted by Crippen LogP contribution is -2.29. The van der Waals surface area contributed by atoms with Gasteiger partial charge in [-0.2, -0.15) is 0 Å². The Morgan fingerprint density at radius 2 is 2.17 bits per heavy atom. The molecule has 0 amide bonds. The van der Waals surface area contributed by atoms with E-state index in [1.807, 2.05) is 18.4 Å². The summed E-state index contributed by atoms with van der Waals surface area (Å²) in [6.45, 7) is 6.56. The highest BCUT2D eigenvalue weighted by atomic mass is 32.1. The van der Waals surface area contributed by atoms with Crippen molar-refractivity contribution in [3.63, 3.8) is 0 Å². The molecule has 0 aliphatic heterocycles. The van der Waals surface area contributed by atoms with Gasteiger partial charge in [0, 0.05) is 25.0 Å². The van der Waals surface area contributed by atoms with Gasteiger partial charge in [0.05, 0.1) is 5.69 Å². The Bertz CT molecular complexity index is 382. The number of nitrogens with one attached hydrogen (secondary N) is 1. The van der Waals surface area contributed by atoms with Gasteiger partial charge >= 0.3 is 0 Å². The van der Waals surface area contributed by atoms with Crippen LogP contribution in [0.15, 0.2) is 0 Å². The van der Waals surface area contributed by atoms with E-state index in [1.165, 1.54) is 41.5 Å². The fourth-order valence-corrected chi connectivity index (χ4v) is 3.59. The summed E-state index contributed by atoms with van der Waals surface area (Å²) in [5, 5.41) is 4.44. The van der Waals surface area contributed by atoms with Crippen LogP contribution >= 0.6 is 11.3 Å². The van der Waals surface area contributed by atoms with Gasteiger partial charge in [-0.15, -0.1) is 11.3 Å². The first-order valence-electron chi connectivity index (χ1n) is 6.97. The quantitative estimate of drug-likeness (QED) is 0.858. The van der Waals surface area contributed by atoms with Crippen LogP contribution in [-0.2, 0) is 6.54 Å². The molecule has 102 valence electrons. The zero-order valence-electron chi connectivity index (χ0n) is 12.0. The van der Waals surface area contributed by atoms with E-state index in [4.69, 9.17) is 4.98 Å². The molecular formula is C14H25N3S. The molecule has 4 heteroatoms. The molecule has 0 spiro atoms. The van der Waals surface area contributed by atoms with Crippen LogP contribution in [0.1, 0.15) is 49.6 Å². The van der Waals surface area contributed by atoms with Crippen molar-refractivity contribution in [2.75, 3.05) is 25.5 Å². The van der Waals surface area contributed by atoms with Crippen LogP contribution in [0.3, 0.4) is 0 Å². The minimum Gasteiger partial charge on any atom is -0.351 e. The summed E-state index contributed by atoms with van der Waals surface area (Å²) >= 11 is 1.85. The summed E-state index contributed by atoms with van der Waals surface area (Å²) in [5.41, 5.74) is 1.27. The molecule has 1 aliphatic rings. The summed E-state index contributed by atoms with van der Waals surface area (Å²) < 4.78 is 0. The molecule has 1 heterocycles. The van der Waals surface area contributed by atoms with Crippen molar-refractivity contribution in [3.8, 4) is 0 Å². The van der Waals surface area contributed by atoms with E-state index in [9.17, 15) is 0 Å². The van der Waals surface area contributed by atoms with Crippen LogP contribution in [0.25, 0.3) is 0 Å². The predicted octanol–water partition coefficient (Wildman–Crippen LogP) is 3.22. The van der Waals surface area contributed by atoms with Crippen molar-refractivity contribution in [3.05, 3.63) is 10.6 Å². The molecule has 0 atom stereocenters. The van der Waals surface area contributed by atoms with E-state index in [0.717, 1.165) is 12.5 Å². The van der Waals surface area contributed by atoms with Crippen LogP contribution < -0.4 is 10.2 Å². The molecule has 0 unspecified atom stereocenters. The fraction of sp³-hybridized carbons (Fsp3) is 0.786. The van der Waals surface area contributed by atoms with Crippen molar-refractivity contribution >= 4 is 16.5 Å². The number of thiazole rings is 1. The van der Waals surface area contributed by atoms with Gasteiger partial charge in [0.15, 0.2) is 5.13 Å². The highest BCUT2D eigenvalue weighted by molar-refractivity contribution is 7.15. The van der Waals surface area contributed by atoms with E-state index in [0.29, 0.717) is 5.92 Å². The van der Waals surface area contributed by atoms with Crippen LogP contribution in [0, 0.1) is 5.92 Å². The van der Waals surface area contributed by atoms with Crippen LogP contribution in [0.4, 0.5) is 5.13 Å². The van der Waals surface area contributed by atoms with Gasteiger partial charge in [-0.25, -0.2) is 4.98 Å². The highest BCUT2D eigenvalue weighted by Crippen LogP contribution is 2.33. The molecule has 0 radical (unpaired) electrons. The molecule has 1 aromatic heterocycles. The SMILES string of the molecule is CNCc1sc(N(C)CC2CCC2)nc1C(C)C. The summed E-state index contributed by atoms with van der Waals surface area (Å²) in [6, 6.07) is 0. The third-order valence-corrected chi connectivity index (χ3v) is 4.87. The van der Waals surface area contributed by atoms with Gasteiger partial charge in [0.2, 0.25) is 0 Å². The summed E-state index contributed by atoms with van der Waals surface area (Å²) in [6.07, 6.45) is 4.21. The van der Waals surface area contributed by atoms with Gasteiger partial charge < -0.3 is 10.2 Å². The molecule has 0 saturated heterocycles. The lowest BCUT2D eigenvalue weighted by Gasteiger charge is -2.29. The van der Waals surface area contributed by atoms with Crippen molar-refractivity contribution in [1.29, 1.82) is 0 Å². The summed E-state index contributed by atoms with van der Waals surface area (Å²) in [7, 11) is 4.19. The average Bonchev–Trinajstić information content (AvgIpc) is 2.68. The van der Waals surface area contributed by atoms with Crippen molar-refractivity contribution in [2.45, 2.75) is 45.6 Å². The number of hydrogen-bond donors (Lipinski definition) is 1. The van der Waals surface area contributed by atoms with Gasteiger partial charge in [-0.05, 0) is 31.7 Å². The molecule has 1 saturated carbocycles. The van der Waals surface area contributed by atoms with Gasteiger partial charge in [-0.1, -0.05) is 20.3 Å². The van der Waals surface area contributed by atoms with Crippen LogP contribution in [0.5, 0.6) is 0 Å². The zero-order chi connectivity index (χ0) is 13.1. The van der Waals surface area contributed by atoms with E-state index in [-0.39, 0.29) is 0 Å². The smallest absolute Gasteiger partial charge is 0.185 e. The fourth-order valence-electron chi connectivity index (χ4n) is 2.39. The molecular weight excluding hydrogens is 242 g/mol. The molecule has 1 aromatic rings. The second kappa shape index (κ2) is 6.02. The summed E-state index contributed by atoms with van der Waals surface area (Å²) in [5.74, 6) is 1.41. The van der Waals surface area contributed by atoms with E-state index < -0.39 is 0 Å². The second-order valence-corrected chi connectivity index (χ2v) is 6.73. The maximum Gasteiger partial charge on any atom is 0.185 e. The first-order valence-corrected chi connectivity index (χ1v) is 7.78. The first kappa shape index (κ1) is 13.8. The largest absolute Gasteiger partial charge is 0.351 e. The topological polar surface area (TPSA) is 28.2 Å². The normalized spacial score (nSPS) is 16.1. The first-order chi connectivity index (χ1) is 8.61. The molecule has 2 rings (SSSR count). The number of nitrogens with zero attached hydrogens (tertiary/aromatic N) is 2. The Hall–Kier alpha value is -0.610. The number of rotatable bonds is 6. The second-order valence-electron chi connectivity index (χ2n) is 5.67. The third-order valence-electron chi connectivity index (χ3n) is 3.68. The number of anilines is 1. The van der Waals surface area contributed by atoms with Gasteiger partial charge in [-0.3, -0.25) is 0 Å².